The molecule has 16 heavy (non-hydrogen) atoms. The van der Waals surface area contributed by atoms with Crippen LogP contribution in [0.1, 0.15) is 38.4 Å². The van der Waals surface area contributed by atoms with Gasteiger partial charge in [-0.25, -0.2) is 0 Å². The molecule has 1 rings (SSSR count). The van der Waals surface area contributed by atoms with Crippen LogP contribution in [0.2, 0.25) is 0 Å². The predicted molar refractivity (Wildman–Crippen MR) is 63.5 cm³/mol. The first-order chi connectivity index (χ1) is 7.59. The second kappa shape index (κ2) is 5.32. The third-order valence-corrected chi connectivity index (χ3v) is 3.17. The molecule has 90 valence electrons. The third kappa shape index (κ3) is 2.36. The summed E-state index contributed by atoms with van der Waals surface area (Å²) in [6.07, 6.45) is 0.0875. The van der Waals surface area contributed by atoms with E-state index in [1.54, 1.807) is 19.2 Å². The SMILES string of the molecule is CCC(O)(CC)C(O)c1ccccc1OC. The highest BCUT2D eigenvalue weighted by molar-refractivity contribution is 5.36. The summed E-state index contributed by atoms with van der Waals surface area (Å²) >= 11 is 0. The zero-order valence-electron chi connectivity index (χ0n) is 10.1. The minimum absolute atomic E-state index is 0.503. The summed E-state index contributed by atoms with van der Waals surface area (Å²) in [5, 5.41) is 20.5. The van der Waals surface area contributed by atoms with Gasteiger partial charge in [-0.1, -0.05) is 32.0 Å². The molecule has 3 nitrogen and oxygen atoms in total. The van der Waals surface area contributed by atoms with Crippen LogP contribution in [0.4, 0.5) is 0 Å². The molecular formula is C13H20O3. The van der Waals surface area contributed by atoms with E-state index in [0.717, 1.165) is 0 Å². The first-order valence-electron chi connectivity index (χ1n) is 5.62. The van der Waals surface area contributed by atoms with Crippen molar-refractivity contribution in [3.63, 3.8) is 0 Å². The standard InChI is InChI=1S/C13H20O3/c1-4-13(15,5-2)12(14)10-8-6-7-9-11(10)16-3/h6-9,12,14-15H,4-5H2,1-3H3. The maximum absolute atomic E-state index is 10.3. The largest absolute Gasteiger partial charge is 0.496 e. The fourth-order valence-electron chi connectivity index (χ4n) is 1.82. The number of aliphatic hydroxyl groups excluding tert-OH is 1. The van der Waals surface area contributed by atoms with Crippen molar-refractivity contribution in [1.82, 2.24) is 0 Å². The fourth-order valence-corrected chi connectivity index (χ4v) is 1.82. The number of ether oxygens (including phenoxy) is 1. The van der Waals surface area contributed by atoms with Gasteiger partial charge in [-0.15, -0.1) is 0 Å². The zero-order valence-corrected chi connectivity index (χ0v) is 10.1. The van der Waals surface area contributed by atoms with E-state index >= 15 is 0 Å². The zero-order chi connectivity index (χ0) is 12.2. The lowest BCUT2D eigenvalue weighted by molar-refractivity contribution is -0.0828. The summed E-state index contributed by atoms with van der Waals surface area (Å²) in [5.41, 5.74) is -0.453. The third-order valence-electron chi connectivity index (χ3n) is 3.17. The Hall–Kier alpha value is -1.06. The van der Waals surface area contributed by atoms with Crippen molar-refractivity contribution in [2.75, 3.05) is 7.11 Å². The summed E-state index contributed by atoms with van der Waals surface area (Å²) in [5.74, 6) is 0.607. The highest BCUT2D eigenvalue weighted by Gasteiger charge is 2.34. The van der Waals surface area contributed by atoms with Crippen molar-refractivity contribution in [2.24, 2.45) is 0 Å². The van der Waals surface area contributed by atoms with Crippen molar-refractivity contribution in [3.8, 4) is 5.75 Å². The number of methoxy groups -OCH3 is 1. The number of aliphatic hydroxyl groups is 2. The molecular weight excluding hydrogens is 204 g/mol. The van der Waals surface area contributed by atoms with E-state index < -0.39 is 11.7 Å². The minimum Gasteiger partial charge on any atom is -0.496 e. The molecule has 0 aliphatic carbocycles. The Bertz CT molecular complexity index is 332. The van der Waals surface area contributed by atoms with E-state index in [2.05, 4.69) is 0 Å². The number of para-hydroxylation sites is 1. The highest BCUT2D eigenvalue weighted by atomic mass is 16.5. The Labute approximate surface area is 96.7 Å². The topological polar surface area (TPSA) is 49.7 Å². The summed E-state index contributed by atoms with van der Waals surface area (Å²) in [6, 6.07) is 7.23. The van der Waals surface area contributed by atoms with Gasteiger partial charge in [0, 0.05) is 5.56 Å². The van der Waals surface area contributed by atoms with E-state index in [1.165, 1.54) is 0 Å². The average molecular weight is 224 g/mol. The molecule has 0 aliphatic heterocycles. The summed E-state index contributed by atoms with van der Waals surface area (Å²) in [6.45, 7) is 3.73. The van der Waals surface area contributed by atoms with Crippen LogP contribution in [0, 0.1) is 0 Å². The predicted octanol–water partition coefficient (Wildman–Crippen LogP) is 2.28. The first-order valence-corrected chi connectivity index (χ1v) is 5.62. The smallest absolute Gasteiger partial charge is 0.124 e. The van der Waals surface area contributed by atoms with Gasteiger partial charge in [0.25, 0.3) is 0 Å². The molecule has 0 saturated heterocycles. The second-order valence-corrected chi connectivity index (χ2v) is 3.96. The van der Waals surface area contributed by atoms with Gasteiger partial charge in [-0.2, -0.15) is 0 Å². The van der Waals surface area contributed by atoms with Crippen LogP contribution in [-0.2, 0) is 0 Å². The molecule has 0 aromatic heterocycles. The van der Waals surface area contributed by atoms with Crippen molar-refractivity contribution in [2.45, 2.75) is 38.4 Å². The quantitative estimate of drug-likeness (QED) is 0.806. The molecule has 0 aliphatic rings. The van der Waals surface area contributed by atoms with Crippen LogP contribution in [0.3, 0.4) is 0 Å². The van der Waals surface area contributed by atoms with Gasteiger partial charge in [0.2, 0.25) is 0 Å². The lowest BCUT2D eigenvalue weighted by atomic mass is 9.86. The monoisotopic (exact) mass is 224 g/mol. The molecule has 0 bridgehead atoms. The lowest BCUT2D eigenvalue weighted by Gasteiger charge is -2.31. The average Bonchev–Trinajstić information content (AvgIpc) is 2.36. The maximum atomic E-state index is 10.3. The van der Waals surface area contributed by atoms with Gasteiger partial charge in [0.05, 0.1) is 12.7 Å². The van der Waals surface area contributed by atoms with Crippen LogP contribution in [0.15, 0.2) is 24.3 Å². The second-order valence-electron chi connectivity index (χ2n) is 3.96. The molecule has 0 radical (unpaired) electrons. The van der Waals surface area contributed by atoms with Crippen molar-refractivity contribution in [3.05, 3.63) is 29.8 Å². The van der Waals surface area contributed by atoms with Crippen molar-refractivity contribution < 1.29 is 14.9 Å². The molecule has 0 heterocycles. The van der Waals surface area contributed by atoms with Crippen molar-refractivity contribution >= 4 is 0 Å². The molecule has 1 aromatic carbocycles. The van der Waals surface area contributed by atoms with Gasteiger partial charge in [0.15, 0.2) is 0 Å². The molecule has 3 heteroatoms. The Morgan fingerprint density at radius 2 is 1.81 bits per heavy atom. The summed E-state index contributed by atoms with van der Waals surface area (Å²) < 4.78 is 5.18. The number of benzene rings is 1. The van der Waals surface area contributed by atoms with Crippen LogP contribution in [-0.4, -0.2) is 22.9 Å². The van der Waals surface area contributed by atoms with Crippen molar-refractivity contribution in [1.29, 1.82) is 0 Å². The van der Waals surface area contributed by atoms with Gasteiger partial charge < -0.3 is 14.9 Å². The lowest BCUT2D eigenvalue weighted by Crippen LogP contribution is -2.35. The van der Waals surface area contributed by atoms with E-state index in [-0.39, 0.29) is 0 Å². The molecule has 1 unspecified atom stereocenters. The Morgan fingerprint density at radius 1 is 1.25 bits per heavy atom. The minimum atomic E-state index is -1.09. The summed E-state index contributed by atoms with van der Waals surface area (Å²) in [7, 11) is 1.56. The van der Waals surface area contributed by atoms with Gasteiger partial charge >= 0.3 is 0 Å². The molecule has 2 N–H and O–H groups in total. The van der Waals surface area contributed by atoms with E-state index in [1.807, 2.05) is 26.0 Å². The molecule has 0 saturated carbocycles. The van der Waals surface area contributed by atoms with E-state index in [9.17, 15) is 10.2 Å². The van der Waals surface area contributed by atoms with Crippen LogP contribution in [0.25, 0.3) is 0 Å². The molecule has 0 amide bonds. The Morgan fingerprint density at radius 3 is 2.31 bits per heavy atom. The van der Waals surface area contributed by atoms with Gasteiger partial charge in [0.1, 0.15) is 11.9 Å². The Kier molecular flexibility index (Phi) is 4.33. The van der Waals surface area contributed by atoms with E-state index in [4.69, 9.17) is 4.74 Å². The molecule has 1 aromatic rings. The summed E-state index contributed by atoms with van der Waals surface area (Å²) in [4.78, 5) is 0. The van der Waals surface area contributed by atoms with Crippen LogP contribution >= 0.6 is 0 Å². The molecule has 1 atom stereocenters. The number of hydrogen-bond acceptors (Lipinski definition) is 3. The number of hydrogen-bond donors (Lipinski definition) is 2. The highest BCUT2D eigenvalue weighted by Crippen LogP contribution is 2.35. The fraction of sp³-hybridized carbons (Fsp3) is 0.538. The van der Waals surface area contributed by atoms with E-state index in [0.29, 0.717) is 24.2 Å². The molecule has 0 spiro atoms. The molecule has 0 fully saturated rings. The van der Waals surface area contributed by atoms with Crippen LogP contribution in [0.5, 0.6) is 5.75 Å². The normalized spacial score (nSPS) is 13.6. The van der Waals surface area contributed by atoms with Gasteiger partial charge in [-0.3, -0.25) is 0 Å². The first kappa shape index (κ1) is 13.0. The maximum Gasteiger partial charge on any atom is 0.124 e. The number of rotatable bonds is 5. The van der Waals surface area contributed by atoms with Gasteiger partial charge in [-0.05, 0) is 18.9 Å². The van der Waals surface area contributed by atoms with Crippen LogP contribution < -0.4 is 4.74 Å². The Balaban J connectivity index is 3.08.